The lowest BCUT2D eigenvalue weighted by molar-refractivity contribution is 0.186. The Labute approximate surface area is 69.3 Å². The molecule has 1 saturated carbocycles. The van der Waals surface area contributed by atoms with Gasteiger partial charge in [-0.25, -0.2) is 0 Å². The van der Waals surface area contributed by atoms with Gasteiger partial charge in [-0.1, -0.05) is 12.8 Å². The minimum absolute atomic E-state index is 0.415. The molecule has 0 spiro atoms. The van der Waals surface area contributed by atoms with Crippen LogP contribution in [0.5, 0.6) is 0 Å². The maximum absolute atomic E-state index is 4.98. The average Bonchev–Trinajstić information content (AvgIpc) is 2.38. The molecule has 0 unspecified atom stereocenters. The molecule has 0 aromatic heterocycles. The molecule has 1 aliphatic carbocycles. The van der Waals surface area contributed by atoms with Crippen molar-refractivity contribution in [1.29, 1.82) is 0 Å². The van der Waals surface area contributed by atoms with Gasteiger partial charge < -0.3 is 10.1 Å². The molecule has 0 bridgehead atoms. The van der Waals surface area contributed by atoms with Crippen molar-refractivity contribution in [3.63, 3.8) is 0 Å². The second-order valence-electron chi connectivity index (χ2n) is 3.69. The van der Waals surface area contributed by atoms with Gasteiger partial charge in [-0.15, -0.1) is 0 Å². The molecule has 0 saturated heterocycles. The van der Waals surface area contributed by atoms with E-state index in [-0.39, 0.29) is 0 Å². The van der Waals surface area contributed by atoms with Gasteiger partial charge in [0, 0.05) is 19.2 Å². The number of rotatable bonds is 4. The van der Waals surface area contributed by atoms with E-state index in [1.54, 1.807) is 7.11 Å². The maximum atomic E-state index is 4.98. The standard InChI is InChI=1S/C9H19NO/c1-9(5-3-4-6-9)10-7-8-11-2/h10H,3-8H2,1-2H3. The highest BCUT2D eigenvalue weighted by atomic mass is 16.5. The van der Waals surface area contributed by atoms with Crippen molar-refractivity contribution >= 4 is 0 Å². The molecule has 2 nitrogen and oxygen atoms in total. The molecule has 0 aromatic rings. The molecule has 0 amide bonds. The van der Waals surface area contributed by atoms with Crippen LogP contribution in [0, 0.1) is 0 Å². The summed E-state index contributed by atoms with van der Waals surface area (Å²) in [6, 6.07) is 0. The highest BCUT2D eigenvalue weighted by molar-refractivity contribution is 4.87. The van der Waals surface area contributed by atoms with E-state index in [0.29, 0.717) is 5.54 Å². The van der Waals surface area contributed by atoms with E-state index in [0.717, 1.165) is 13.2 Å². The highest BCUT2D eigenvalue weighted by Gasteiger charge is 2.27. The quantitative estimate of drug-likeness (QED) is 0.625. The van der Waals surface area contributed by atoms with Gasteiger partial charge in [-0.05, 0) is 19.8 Å². The molecule has 0 atom stereocenters. The minimum Gasteiger partial charge on any atom is -0.383 e. The van der Waals surface area contributed by atoms with Gasteiger partial charge in [0.25, 0.3) is 0 Å². The lowest BCUT2D eigenvalue weighted by Crippen LogP contribution is -2.41. The van der Waals surface area contributed by atoms with Crippen LogP contribution in [-0.4, -0.2) is 25.8 Å². The number of ether oxygens (including phenoxy) is 1. The molecule has 1 aliphatic rings. The fraction of sp³-hybridized carbons (Fsp3) is 1.00. The van der Waals surface area contributed by atoms with Crippen LogP contribution in [0.15, 0.2) is 0 Å². The fourth-order valence-electron chi connectivity index (χ4n) is 1.79. The Morgan fingerprint density at radius 2 is 2.00 bits per heavy atom. The van der Waals surface area contributed by atoms with E-state index >= 15 is 0 Å². The lowest BCUT2D eigenvalue weighted by atomic mass is 10.0. The molecule has 0 radical (unpaired) electrons. The number of hydrogen-bond donors (Lipinski definition) is 1. The van der Waals surface area contributed by atoms with Crippen molar-refractivity contribution in [1.82, 2.24) is 5.32 Å². The topological polar surface area (TPSA) is 21.3 Å². The molecule has 11 heavy (non-hydrogen) atoms. The van der Waals surface area contributed by atoms with Crippen LogP contribution in [0.2, 0.25) is 0 Å². The molecule has 66 valence electrons. The lowest BCUT2D eigenvalue weighted by Gasteiger charge is -2.24. The minimum atomic E-state index is 0.415. The summed E-state index contributed by atoms with van der Waals surface area (Å²) in [7, 11) is 1.75. The van der Waals surface area contributed by atoms with Gasteiger partial charge in [0.15, 0.2) is 0 Å². The summed E-state index contributed by atoms with van der Waals surface area (Å²) in [6.45, 7) is 4.14. The molecule has 0 heterocycles. The number of nitrogens with one attached hydrogen (secondary N) is 1. The van der Waals surface area contributed by atoms with Crippen molar-refractivity contribution in [2.24, 2.45) is 0 Å². The SMILES string of the molecule is COCCNC1(C)CCCC1. The van der Waals surface area contributed by atoms with Crippen molar-refractivity contribution in [3.8, 4) is 0 Å². The van der Waals surface area contributed by atoms with E-state index in [1.165, 1.54) is 25.7 Å². The van der Waals surface area contributed by atoms with Gasteiger partial charge in [0.2, 0.25) is 0 Å². The van der Waals surface area contributed by atoms with E-state index in [2.05, 4.69) is 12.2 Å². The van der Waals surface area contributed by atoms with Crippen molar-refractivity contribution in [3.05, 3.63) is 0 Å². The van der Waals surface area contributed by atoms with Crippen molar-refractivity contribution in [2.45, 2.75) is 38.1 Å². The van der Waals surface area contributed by atoms with Gasteiger partial charge >= 0.3 is 0 Å². The van der Waals surface area contributed by atoms with Crippen LogP contribution in [0.3, 0.4) is 0 Å². The Bertz CT molecular complexity index is 108. The molecule has 0 aromatic carbocycles. The van der Waals surface area contributed by atoms with Crippen LogP contribution in [-0.2, 0) is 4.74 Å². The van der Waals surface area contributed by atoms with E-state index in [9.17, 15) is 0 Å². The van der Waals surface area contributed by atoms with Gasteiger partial charge in [0.1, 0.15) is 0 Å². The molecule has 1 N–H and O–H groups in total. The Morgan fingerprint density at radius 3 is 2.55 bits per heavy atom. The Hall–Kier alpha value is -0.0800. The zero-order chi connectivity index (χ0) is 8.16. The third-order valence-electron chi connectivity index (χ3n) is 2.57. The van der Waals surface area contributed by atoms with E-state index in [4.69, 9.17) is 4.74 Å². The highest BCUT2D eigenvalue weighted by Crippen LogP contribution is 2.28. The number of hydrogen-bond acceptors (Lipinski definition) is 2. The monoisotopic (exact) mass is 157 g/mol. The van der Waals surface area contributed by atoms with Crippen molar-refractivity contribution in [2.75, 3.05) is 20.3 Å². The fourth-order valence-corrected chi connectivity index (χ4v) is 1.79. The summed E-state index contributed by atoms with van der Waals surface area (Å²) in [4.78, 5) is 0. The summed E-state index contributed by atoms with van der Waals surface area (Å²) in [5, 5.41) is 3.53. The normalized spacial score (nSPS) is 22.4. The average molecular weight is 157 g/mol. The molecule has 2 heteroatoms. The Kier molecular flexibility index (Phi) is 3.34. The van der Waals surface area contributed by atoms with Gasteiger partial charge in [-0.3, -0.25) is 0 Å². The zero-order valence-electron chi connectivity index (χ0n) is 7.65. The number of methoxy groups -OCH3 is 1. The largest absolute Gasteiger partial charge is 0.383 e. The van der Waals surface area contributed by atoms with Crippen LogP contribution in [0.1, 0.15) is 32.6 Å². The smallest absolute Gasteiger partial charge is 0.0587 e. The van der Waals surface area contributed by atoms with E-state index < -0.39 is 0 Å². The predicted molar refractivity (Wildman–Crippen MR) is 46.8 cm³/mol. The van der Waals surface area contributed by atoms with Gasteiger partial charge in [-0.2, -0.15) is 0 Å². The van der Waals surface area contributed by atoms with Crippen LogP contribution in [0.4, 0.5) is 0 Å². The second kappa shape index (κ2) is 4.07. The van der Waals surface area contributed by atoms with E-state index in [1.807, 2.05) is 0 Å². The summed E-state index contributed by atoms with van der Waals surface area (Å²) in [5.41, 5.74) is 0.415. The first-order valence-corrected chi connectivity index (χ1v) is 4.51. The Balaban J connectivity index is 2.13. The van der Waals surface area contributed by atoms with Gasteiger partial charge in [0.05, 0.1) is 6.61 Å². The first-order chi connectivity index (χ1) is 5.27. The molecule has 0 aliphatic heterocycles. The van der Waals surface area contributed by atoms with Crippen LogP contribution < -0.4 is 5.32 Å². The molecule has 1 rings (SSSR count). The predicted octanol–water partition coefficient (Wildman–Crippen LogP) is 1.56. The van der Waals surface area contributed by atoms with Crippen LogP contribution in [0.25, 0.3) is 0 Å². The summed E-state index contributed by atoms with van der Waals surface area (Å²) >= 11 is 0. The van der Waals surface area contributed by atoms with Crippen molar-refractivity contribution < 1.29 is 4.74 Å². The second-order valence-corrected chi connectivity index (χ2v) is 3.69. The third kappa shape index (κ3) is 2.80. The summed E-state index contributed by atoms with van der Waals surface area (Å²) in [6.07, 6.45) is 5.43. The van der Waals surface area contributed by atoms with Crippen LogP contribution >= 0.6 is 0 Å². The zero-order valence-corrected chi connectivity index (χ0v) is 7.65. The molecular weight excluding hydrogens is 138 g/mol. The molecule has 1 fully saturated rings. The maximum Gasteiger partial charge on any atom is 0.0587 e. The first-order valence-electron chi connectivity index (χ1n) is 4.51. The summed E-state index contributed by atoms with van der Waals surface area (Å²) in [5.74, 6) is 0. The molecular formula is C9H19NO. The Morgan fingerprint density at radius 1 is 1.36 bits per heavy atom. The summed E-state index contributed by atoms with van der Waals surface area (Å²) < 4.78 is 4.98. The third-order valence-corrected chi connectivity index (χ3v) is 2.57. The first kappa shape index (κ1) is 9.01.